The van der Waals surface area contributed by atoms with Crippen molar-refractivity contribution in [3.8, 4) is 0 Å². The fraction of sp³-hybridized carbons (Fsp3) is 0. The summed E-state index contributed by atoms with van der Waals surface area (Å²) < 4.78 is 51.2. The van der Waals surface area contributed by atoms with Gasteiger partial charge in [-0.25, -0.2) is 0 Å². The molecule has 0 N–H and O–H groups in total. The van der Waals surface area contributed by atoms with E-state index < -0.39 is 47.1 Å². The van der Waals surface area contributed by atoms with Gasteiger partial charge in [-0.1, -0.05) is 0 Å². The van der Waals surface area contributed by atoms with Crippen molar-refractivity contribution < 1.29 is 23.7 Å². The summed E-state index contributed by atoms with van der Waals surface area (Å²) in [7, 11) is 0. The first-order chi connectivity index (χ1) is 4.24. The molecule has 6 nitrogen and oxygen atoms in total. The van der Waals surface area contributed by atoms with Crippen LogP contribution >= 0.6 is 0 Å². The van der Waals surface area contributed by atoms with Crippen LogP contribution in [0.2, 0.25) is 0 Å². The maximum absolute atomic E-state index is 8.53. The molecule has 10 heavy (non-hydrogen) atoms. The monoisotopic (exact) mass is 348 g/mol. The first kappa shape index (κ1) is 22.4. The van der Waals surface area contributed by atoms with E-state index in [-0.39, 0.29) is 17.4 Å². The molecule has 0 aliphatic rings. The molecule has 0 atom stereocenters. The summed E-state index contributed by atoms with van der Waals surface area (Å²) in [6, 6.07) is 0. The normalized spacial score (nSPS) is 3.60. The van der Waals surface area contributed by atoms with Gasteiger partial charge >= 0.3 is 88.2 Å². The molecular formula is H3AlGe3O6. The van der Waals surface area contributed by atoms with Crippen LogP contribution in [-0.2, 0) is 11.3 Å². The van der Waals surface area contributed by atoms with Crippen molar-refractivity contribution in [2.45, 2.75) is 0 Å². The molecule has 0 aromatic carbocycles. The van der Waals surface area contributed by atoms with Crippen LogP contribution in [-0.4, -0.2) is 64.5 Å². The number of rotatable bonds is 0. The second-order valence-electron chi connectivity index (χ2n) is 0.289. The quantitative estimate of drug-likeness (QED) is 0.403. The van der Waals surface area contributed by atoms with Gasteiger partial charge in [0.1, 0.15) is 0 Å². The van der Waals surface area contributed by atoms with E-state index in [9.17, 15) is 0 Å². The topological polar surface area (TPSA) is 120 Å². The van der Waals surface area contributed by atoms with Crippen molar-refractivity contribution in [3.05, 3.63) is 0 Å². The second kappa shape index (κ2) is 51.0. The Kier molecular flexibility index (Phi) is 114. The fourth-order valence-corrected chi connectivity index (χ4v) is 0. The van der Waals surface area contributed by atoms with Crippen molar-refractivity contribution in [1.29, 1.82) is 0 Å². The summed E-state index contributed by atoms with van der Waals surface area (Å²) in [4.78, 5) is 0. The Balaban J connectivity index is -0.0000000257. The van der Waals surface area contributed by atoms with Gasteiger partial charge in [-0.3, -0.25) is 0 Å². The summed E-state index contributed by atoms with van der Waals surface area (Å²) in [6.45, 7) is 0. The fourth-order valence-electron chi connectivity index (χ4n) is 0. The molecule has 0 aliphatic carbocycles. The van der Waals surface area contributed by atoms with E-state index in [2.05, 4.69) is 0 Å². The van der Waals surface area contributed by atoms with Gasteiger partial charge in [0, 0.05) is 0 Å². The van der Waals surface area contributed by atoms with E-state index >= 15 is 0 Å². The summed E-state index contributed by atoms with van der Waals surface area (Å²) in [5.41, 5.74) is 0. The van der Waals surface area contributed by atoms with Gasteiger partial charge < -0.3 is 0 Å². The van der Waals surface area contributed by atoms with Gasteiger partial charge in [-0.15, -0.1) is 0 Å². The molecule has 0 fully saturated rings. The summed E-state index contributed by atoms with van der Waals surface area (Å²) in [5.74, 6) is 0. The summed E-state index contributed by atoms with van der Waals surface area (Å²) in [6.07, 6.45) is 0. The van der Waals surface area contributed by atoms with Gasteiger partial charge in [0.25, 0.3) is 0 Å². The Morgan fingerprint density at radius 3 is 0.700 bits per heavy atom. The molecule has 0 aromatic rings. The Morgan fingerprint density at radius 1 is 0.700 bits per heavy atom. The molecule has 0 bridgehead atoms. The standard InChI is InChI=1S/Al.3GeHO2/c;3*2-1-3/h;3*1H/q+3;3*-1. The van der Waals surface area contributed by atoms with Crippen molar-refractivity contribution in [1.82, 2.24) is 0 Å². The molecule has 0 saturated heterocycles. The molecular weight excluding hydrogens is 341 g/mol. The third kappa shape index (κ3) is 615. The molecule has 54 valence electrons. The summed E-state index contributed by atoms with van der Waals surface area (Å²) in [5, 5.41) is 0. The SMILES string of the molecule is [Al+3].[O]=[GeH][O-].[O]=[GeH][O-].[O]=[GeH][O-]. The zero-order chi connectivity index (χ0) is 8.12. The third-order valence-electron chi connectivity index (χ3n) is 0. The van der Waals surface area contributed by atoms with Crippen LogP contribution in [0.3, 0.4) is 0 Å². The van der Waals surface area contributed by atoms with Crippen LogP contribution in [0, 0.1) is 0 Å². The molecule has 0 heterocycles. The molecule has 0 rings (SSSR count). The first-order valence-electron chi connectivity index (χ1n) is 1.41. The van der Waals surface area contributed by atoms with Gasteiger partial charge in [0.2, 0.25) is 0 Å². The van der Waals surface area contributed by atoms with Crippen LogP contribution in [0.25, 0.3) is 0 Å². The number of hydrogen-bond acceptors (Lipinski definition) is 6. The predicted molar refractivity (Wildman–Crippen MR) is 29.3 cm³/mol. The predicted octanol–water partition coefficient (Wildman–Crippen LogP) is -6.25. The molecule has 0 unspecified atom stereocenters. The molecule has 0 aliphatic heterocycles. The van der Waals surface area contributed by atoms with Gasteiger partial charge in [-0.2, -0.15) is 0 Å². The van der Waals surface area contributed by atoms with E-state index in [1.54, 1.807) is 0 Å². The Morgan fingerprint density at radius 2 is 0.700 bits per heavy atom. The molecule has 0 amide bonds. The van der Waals surface area contributed by atoms with Crippen LogP contribution in [0.1, 0.15) is 0 Å². The van der Waals surface area contributed by atoms with Crippen molar-refractivity contribution in [2.75, 3.05) is 0 Å². The molecule has 0 saturated carbocycles. The first-order valence-corrected chi connectivity index (χ1v) is 7.35. The van der Waals surface area contributed by atoms with Crippen molar-refractivity contribution >= 4 is 64.5 Å². The molecule has 0 radical (unpaired) electrons. The van der Waals surface area contributed by atoms with E-state index in [1.807, 2.05) is 0 Å². The Labute approximate surface area is 87.6 Å². The minimum absolute atomic E-state index is 0. The molecule has 0 aromatic heterocycles. The van der Waals surface area contributed by atoms with E-state index in [4.69, 9.17) is 23.7 Å². The van der Waals surface area contributed by atoms with Crippen LogP contribution in [0.4, 0.5) is 0 Å². The number of hydrogen-bond donors (Lipinski definition) is 0. The average molecular weight is 344 g/mol. The molecule has 0 spiro atoms. The van der Waals surface area contributed by atoms with E-state index in [1.165, 1.54) is 0 Å². The van der Waals surface area contributed by atoms with Gasteiger partial charge in [0.15, 0.2) is 0 Å². The second-order valence-corrected chi connectivity index (χ2v) is 1.50. The minimum atomic E-state index is -2.19. The average Bonchev–Trinajstić information content (AvgIpc) is 1.70. The van der Waals surface area contributed by atoms with Crippen LogP contribution in [0.5, 0.6) is 0 Å². The maximum atomic E-state index is 8.53. The Bertz CT molecular complexity index is 49.7. The van der Waals surface area contributed by atoms with Crippen LogP contribution in [0.15, 0.2) is 0 Å². The van der Waals surface area contributed by atoms with Crippen LogP contribution < -0.4 is 12.4 Å². The zero-order valence-corrected chi connectivity index (χ0v) is 13.2. The van der Waals surface area contributed by atoms with E-state index in [0.717, 1.165) is 0 Å². The summed E-state index contributed by atoms with van der Waals surface area (Å²) >= 11 is -6.56. The van der Waals surface area contributed by atoms with Crippen molar-refractivity contribution in [3.63, 3.8) is 0 Å². The molecule has 10 heteroatoms. The Hall–Kier alpha value is 0.961. The zero-order valence-electron chi connectivity index (χ0n) is 4.76. The van der Waals surface area contributed by atoms with Crippen molar-refractivity contribution in [2.24, 2.45) is 0 Å². The third-order valence-corrected chi connectivity index (χ3v) is 0. The van der Waals surface area contributed by atoms with Gasteiger partial charge in [0.05, 0.1) is 0 Å². The van der Waals surface area contributed by atoms with Gasteiger partial charge in [-0.05, 0) is 0 Å². The van der Waals surface area contributed by atoms with E-state index in [0.29, 0.717) is 0 Å².